The molecule has 3 heterocycles. The molecule has 0 aliphatic carbocycles. The van der Waals surface area contributed by atoms with E-state index >= 15 is 0 Å². The predicted octanol–water partition coefficient (Wildman–Crippen LogP) is 4.10. The van der Waals surface area contributed by atoms with Crippen molar-refractivity contribution >= 4 is 16.8 Å². The predicted molar refractivity (Wildman–Crippen MR) is 96.2 cm³/mol. The molecule has 1 fully saturated rings. The van der Waals surface area contributed by atoms with Crippen LogP contribution in [-0.2, 0) is 0 Å². The van der Waals surface area contributed by atoms with E-state index < -0.39 is 0 Å². The Morgan fingerprint density at radius 3 is 2.76 bits per heavy atom. The van der Waals surface area contributed by atoms with Crippen molar-refractivity contribution in [2.75, 3.05) is 20.2 Å². The second-order valence-electron chi connectivity index (χ2n) is 6.67. The molecule has 5 heteroatoms. The van der Waals surface area contributed by atoms with Gasteiger partial charge < -0.3 is 19.0 Å². The third kappa shape index (κ3) is 2.90. The number of aromatic nitrogens is 1. The van der Waals surface area contributed by atoms with Gasteiger partial charge in [0.15, 0.2) is 0 Å². The van der Waals surface area contributed by atoms with Crippen LogP contribution in [0.25, 0.3) is 10.9 Å². The summed E-state index contributed by atoms with van der Waals surface area (Å²) in [4.78, 5) is 17.8. The SMILES string of the molecule is COc1ccc2[nH]cc(C3CCN(C(=O)c4coc(C)c4)CC3)c2c1. The maximum absolute atomic E-state index is 12.5. The number of nitrogens with zero attached hydrogens (tertiary/aromatic N) is 1. The Hall–Kier alpha value is -2.69. The van der Waals surface area contributed by atoms with Crippen molar-refractivity contribution < 1.29 is 13.9 Å². The van der Waals surface area contributed by atoms with Gasteiger partial charge in [0, 0.05) is 30.2 Å². The largest absolute Gasteiger partial charge is 0.497 e. The minimum Gasteiger partial charge on any atom is -0.497 e. The number of piperidine rings is 1. The van der Waals surface area contributed by atoms with Crippen molar-refractivity contribution in [2.24, 2.45) is 0 Å². The molecule has 2 aromatic heterocycles. The van der Waals surface area contributed by atoms with Gasteiger partial charge in [-0.1, -0.05) is 0 Å². The Morgan fingerprint density at radius 1 is 1.28 bits per heavy atom. The molecule has 3 aromatic rings. The first kappa shape index (κ1) is 15.8. The molecule has 1 saturated heterocycles. The van der Waals surface area contributed by atoms with Crippen LogP contribution in [0, 0.1) is 6.92 Å². The van der Waals surface area contributed by atoms with Gasteiger partial charge in [0.05, 0.1) is 12.7 Å². The van der Waals surface area contributed by atoms with Gasteiger partial charge in [-0.3, -0.25) is 4.79 Å². The summed E-state index contributed by atoms with van der Waals surface area (Å²) < 4.78 is 10.6. The number of likely N-dealkylation sites (tertiary alicyclic amines) is 1. The highest BCUT2D eigenvalue weighted by Gasteiger charge is 2.26. The van der Waals surface area contributed by atoms with Crippen molar-refractivity contribution in [3.05, 3.63) is 53.6 Å². The van der Waals surface area contributed by atoms with Gasteiger partial charge in [0.2, 0.25) is 0 Å². The molecule has 4 rings (SSSR count). The number of hydrogen-bond acceptors (Lipinski definition) is 3. The molecule has 0 unspecified atom stereocenters. The number of carbonyl (C=O) groups is 1. The number of ether oxygens (including phenoxy) is 1. The first-order valence-electron chi connectivity index (χ1n) is 8.65. The molecule has 1 amide bonds. The highest BCUT2D eigenvalue weighted by atomic mass is 16.5. The fourth-order valence-electron chi connectivity index (χ4n) is 3.72. The Bertz CT molecular complexity index is 901. The van der Waals surface area contributed by atoms with Crippen molar-refractivity contribution in [1.82, 2.24) is 9.88 Å². The molecule has 1 N–H and O–H groups in total. The lowest BCUT2D eigenvalue weighted by Gasteiger charge is -2.31. The summed E-state index contributed by atoms with van der Waals surface area (Å²) in [6.45, 7) is 3.39. The van der Waals surface area contributed by atoms with Crippen LogP contribution in [0.4, 0.5) is 0 Å². The van der Waals surface area contributed by atoms with Crippen LogP contribution in [0.1, 0.15) is 40.4 Å². The first-order chi connectivity index (χ1) is 12.2. The van der Waals surface area contributed by atoms with Crippen molar-refractivity contribution in [1.29, 1.82) is 0 Å². The zero-order chi connectivity index (χ0) is 17.4. The van der Waals surface area contributed by atoms with E-state index in [1.807, 2.05) is 17.9 Å². The van der Waals surface area contributed by atoms with E-state index in [0.717, 1.165) is 43.0 Å². The molecular formula is C20H22N2O3. The summed E-state index contributed by atoms with van der Waals surface area (Å²) in [6, 6.07) is 7.92. The van der Waals surface area contributed by atoms with E-state index in [1.54, 1.807) is 19.4 Å². The summed E-state index contributed by atoms with van der Waals surface area (Å²) in [5, 5.41) is 1.22. The normalized spacial score (nSPS) is 15.7. The van der Waals surface area contributed by atoms with E-state index in [9.17, 15) is 4.79 Å². The highest BCUT2D eigenvalue weighted by molar-refractivity contribution is 5.94. The second-order valence-corrected chi connectivity index (χ2v) is 6.67. The van der Waals surface area contributed by atoms with Gasteiger partial charge >= 0.3 is 0 Å². The number of nitrogens with one attached hydrogen (secondary N) is 1. The Kier molecular flexibility index (Phi) is 3.99. The van der Waals surface area contributed by atoms with Crippen LogP contribution in [0.5, 0.6) is 5.75 Å². The number of furan rings is 1. The standard InChI is InChI=1S/C20H22N2O3/c1-13-9-15(12-25-13)20(23)22-7-5-14(6-8-22)18-11-21-19-4-3-16(24-2)10-17(18)19/h3-4,9-12,14,21H,5-8H2,1-2H3. The number of H-pyrrole nitrogens is 1. The average molecular weight is 338 g/mol. The molecule has 1 aromatic carbocycles. The molecule has 5 nitrogen and oxygen atoms in total. The Labute approximate surface area is 146 Å². The summed E-state index contributed by atoms with van der Waals surface area (Å²) in [5.74, 6) is 2.16. The third-order valence-corrected chi connectivity index (χ3v) is 5.12. The van der Waals surface area contributed by atoms with E-state index in [1.165, 1.54) is 10.9 Å². The van der Waals surface area contributed by atoms with E-state index in [-0.39, 0.29) is 5.91 Å². The molecule has 130 valence electrons. The summed E-state index contributed by atoms with van der Waals surface area (Å²) >= 11 is 0. The van der Waals surface area contributed by atoms with Crippen molar-refractivity contribution in [3.8, 4) is 5.75 Å². The number of fused-ring (bicyclic) bond motifs is 1. The Morgan fingerprint density at radius 2 is 2.08 bits per heavy atom. The smallest absolute Gasteiger partial charge is 0.257 e. The zero-order valence-electron chi connectivity index (χ0n) is 14.5. The van der Waals surface area contributed by atoms with Crippen LogP contribution >= 0.6 is 0 Å². The number of methoxy groups -OCH3 is 1. The molecular weight excluding hydrogens is 316 g/mol. The molecule has 0 spiro atoms. The molecule has 1 aliphatic rings. The zero-order valence-corrected chi connectivity index (χ0v) is 14.5. The number of hydrogen-bond donors (Lipinski definition) is 1. The summed E-state index contributed by atoms with van der Waals surface area (Å²) in [5.41, 5.74) is 3.09. The molecule has 25 heavy (non-hydrogen) atoms. The maximum Gasteiger partial charge on any atom is 0.257 e. The molecule has 0 bridgehead atoms. The third-order valence-electron chi connectivity index (χ3n) is 5.12. The fraction of sp³-hybridized carbons (Fsp3) is 0.350. The summed E-state index contributed by atoms with van der Waals surface area (Å²) in [7, 11) is 1.69. The van der Waals surface area contributed by atoms with E-state index in [4.69, 9.17) is 9.15 Å². The van der Waals surface area contributed by atoms with Gasteiger partial charge in [-0.15, -0.1) is 0 Å². The second kappa shape index (κ2) is 6.31. The molecule has 1 aliphatic heterocycles. The van der Waals surface area contributed by atoms with Crippen molar-refractivity contribution in [3.63, 3.8) is 0 Å². The minimum absolute atomic E-state index is 0.0656. The van der Waals surface area contributed by atoms with Crippen LogP contribution in [0.15, 0.2) is 41.1 Å². The molecule has 0 atom stereocenters. The monoisotopic (exact) mass is 338 g/mol. The minimum atomic E-state index is 0.0656. The average Bonchev–Trinajstić information content (AvgIpc) is 3.27. The van der Waals surface area contributed by atoms with Gasteiger partial charge in [-0.25, -0.2) is 0 Å². The lowest BCUT2D eigenvalue weighted by atomic mass is 9.89. The quantitative estimate of drug-likeness (QED) is 0.782. The van der Waals surface area contributed by atoms with E-state index in [2.05, 4.69) is 23.3 Å². The number of aromatic amines is 1. The lowest BCUT2D eigenvalue weighted by Crippen LogP contribution is -2.37. The van der Waals surface area contributed by atoms with Crippen LogP contribution in [-0.4, -0.2) is 36.0 Å². The number of aryl methyl sites for hydroxylation is 1. The number of rotatable bonds is 3. The molecule has 0 radical (unpaired) electrons. The topological polar surface area (TPSA) is 58.5 Å². The lowest BCUT2D eigenvalue weighted by molar-refractivity contribution is 0.0712. The fourth-order valence-corrected chi connectivity index (χ4v) is 3.72. The van der Waals surface area contributed by atoms with Gasteiger partial charge in [0.25, 0.3) is 5.91 Å². The van der Waals surface area contributed by atoms with Crippen molar-refractivity contribution in [2.45, 2.75) is 25.7 Å². The van der Waals surface area contributed by atoms with Crippen LogP contribution in [0.2, 0.25) is 0 Å². The number of amides is 1. The number of carbonyl (C=O) groups excluding carboxylic acids is 1. The maximum atomic E-state index is 12.5. The van der Waals surface area contributed by atoms with Gasteiger partial charge in [-0.05, 0) is 55.5 Å². The summed E-state index contributed by atoms with van der Waals surface area (Å²) in [6.07, 6.45) is 5.58. The molecule has 0 saturated carbocycles. The van der Waals surface area contributed by atoms with Crippen LogP contribution < -0.4 is 4.74 Å². The van der Waals surface area contributed by atoms with Gasteiger partial charge in [-0.2, -0.15) is 0 Å². The van der Waals surface area contributed by atoms with E-state index in [0.29, 0.717) is 11.5 Å². The highest BCUT2D eigenvalue weighted by Crippen LogP contribution is 2.35. The Balaban J connectivity index is 1.49. The number of benzene rings is 1. The first-order valence-corrected chi connectivity index (χ1v) is 8.65. The van der Waals surface area contributed by atoms with Crippen LogP contribution in [0.3, 0.4) is 0 Å². The van der Waals surface area contributed by atoms with Gasteiger partial charge in [0.1, 0.15) is 17.8 Å².